The molecule has 0 saturated carbocycles. The smallest absolute Gasteiger partial charge is 0.227 e. The summed E-state index contributed by atoms with van der Waals surface area (Å²) in [6.07, 6.45) is 3.98. The molecule has 0 spiro atoms. The van der Waals surface area contributed by atoms with Crippen LogP contribution in [0.2, 0.25) is 0 Å². The Bertz CT molecular complexity index is 845. The van der Waals surface area contributed by atoms with Gasteiger partial charge in [-0.25, -0.2) is 0 Å². The van der Waals surface area contributed by atoms with E-state index in [-0.39, 0.29) is 5.91 Å². The van der Waals surface area contributed by atoms with Crippen LogP contribution in [0.15, 0.2) is 51.7 Å². The molecular weight excluding hydrogens is 346 g/mol. The van der Waals surface area contributed by atoms with Crippen molar-refractivity contribution in [3.05, 3.63) is 58.6 Å². The second kappa shape index (κ2) is 7.83. The molecule has 0 N–H and O–H groups in total. The average molecular weight is 367 g/mol. The predicted molar refractivity (Wildman–Crippen MR) is 101 cm³/mol. The third-order valence-corrected chi connectivity index (χ3v) is 5.50. The molecule has 5 nitrogen and oxygen atoms in total. The third kappa shape index (κ3) is 3.85. The number of aromatic nitrogens is 2. The van der Waals surface area contributed by atoms with Crippen LogP contribution in [-0.2, 0) is 17.6 Å². The molecular formula is C20H21N3O2S. The van der Waals surface area contributed by atoms with Gasteiger partial charge in [0.25, 0.3) is 0 Å². The van der Waals surface area contributed by atoms with Gasteiger partial charge in [-0.1, -0.05) is 35.5 Å². The van der Waals surface area contributed by atoms with Gasteiger partial charge in [0.15, 0.2) is 0 Å². The van der Waals surface area contributed by atoms with Gasteiger partial charge in [-0.3, -0.25) is 4.79 Å². The molecule has 1 amide bonds. The highest BCUT2D eigenvalue weighted by molar-refractivity contribution is 7.08. The van der Waals surface area contributed by atoms with Crippen LogP contribution in [0.1, 0.15) is 30.7 Å². The van der Waals surface area contributed by atoms with Gasteiger partial charge >= 0.3 is 0 Å². The summed E-state index contributed by atoms with van der Waals surface area (Å²) < 4.78 is 5.30. The Morgan fingerprint density at radius 2 is 2.15 bits per heavy atom. The number of carbonyl (C=O) groups is 1. The maximum absolute atomic E-state index is 12.7. The topological polar surface area (TPSA) is 59.2 Å². The van der Waals surface area contributed by atoms with Crippen molar-refractivity contribution in [2.24, 2.45) is 0 Å². The highest BCUT2D eigenvalue weighted by atomic mass is 32.1. The van der Waals surface area contributed by atoms with Gasteiger partial charge in [-0.15, -0.1) is 0 Å². The van der Waals surface area contributed by atoms with E-state index in [0.717, 1.165) is 31.4 Å². The molecule has 1 unspecified atom stereocenters. The molecule has 3 aromatic rings. The zero-order chi connectivity index (χ0) is 17.8. The summed E-state index contributed by atoms with van der Waals surface area (Å²) in [5.41, 5.74) is 2.24. The largest absolute Gasteiger partial charge is 0.339 e. The Balaban J connectivity index is 1.34. The Morgan fingerprint density at radius 3 is 2.96 bits per heavy atom. The average Bonchev–Trinajstić information content (AvgIpc) is 3.41. The number of rotatable bonds is 6. The van der Waals surface area contributed by atoms with E-state index in [4.69, 9.17) is 4.52 Å². The molecule has 0 bridgehead atoms. The molecule has 1 fully saturated rings. The zero-order valence-corrected chi connectivity index (χ0v) is 15.3. The van der Waals surface area contributed by atoms with Gasteiger partial charge in [0.2, 0.25) is 17.6 Å². The number of amides is 1. The van der Waals surface area contributed by atoms with Crippen LogP contribution in [0.25, 0.3) is 11.4 Å². The van der Waals surface area contributed by atoms with Crippen molar-refractivity contribution in [3.63, 3.8) is 0 Å². The molecule has 0 radical (unpaired) electrons. The maximum Gasteiger partial charge on any atom is 0.227 e. The number of benzene rings is 1. The fourth-order valence-corrected chi connectivity index (χ4v) is 4.12. The van der Waals surface area contributed by atoms with Crippen molar-refractivity contribution in [1.82, 2.24) is 15.0 Å². The molecule has 1 aliphatic rings. The first-order valence-corrected chi connectivity index (χ1v) is 9.92. The predicted octanol–water partition coefficient (Wildman–Crippen LogP) is 3.96. The second-order valence-electron chi connectivity index (χ2n) is 6.60. The summed E-state index contributed by atoms with van der Waals surface area (Å²) in [4.78, 5) is 19.1. The lowest BCUT2D eigenvalue weighted by Crippen LogP contribution is -2.36. The van der Waals surface area contributed by atoms with Crippen LogP contribution in [0.5, 0.6) is 0 Å². The van der Waals surface area contributed by atoms with Gasteiger partial charge < -0.3 is 9.42 Å². The van der Waals surface area contributed by atoms with E-state index in [9.17, 15) is 4.79 Å². The van der Waals surface area contributed by atoms with E-state index in [1.54, 1.807) is 11.3 Å². The van der Waals surface area contributed by atoms with E-state index >= 15 is 0 Å². The molecule has 0 aliphatic carbocycles. The van der Waals surface area contributed by atoms with E-state index < -0.39 is 0 Å². The molecule has 6 heteroatoms. The second-order valence-corrected chi connectivity index (χ2v) is 7.38. The van der Waals surface area contributed by atoms with E-state index in [0.29, 0.717) is 30.6 Å². The molecule has 26 heavy (non-hydrogen) atoms. The summed E-state index contributed by atoms with van der Waals surface area (Å²) in [6.45, 7) is 0.848. The summed E-state index contributed by atoms with van der Waals surface area (Å²) in [5.74, 6) is 1.30. The number of thiophene rings is 1. The SMILES string of the molecule is O=C(CCc1nc(-c2ccsc2)no1)N1CCCC1Cc1ccccc1. The number of aryl methyl sites for hydroxylation is 1. The van der Waals surface area contributed by atoms with Crippen molar-refractivity contribution in [2.75, 3.05) is 6.54 Å². The summed E-state index contributed by atoms with van der Waals surface area (Å²) in [6, 6.07) is 12.7. The fourth-order valence-electron chi connectivity index (χ4n) is 3.49. The molecule has 1 aromatic carbocycles. The summed E-state index contributed by atoms with van der Waals surface area (Å²) >= 11 is 1.60. The minimum Gasteiger partial charge on any atom is -0.339 e. The van der Waals surface area contributed by atoms with E-state index in [1.807, 2.05) is 27.8 Å². The van der Waals surface area contributed by atoms with Gasteiger partial charge in [0, 0.05) is 36.4 Å². The Hall–Kier alpha value is -2.47. The van der Waals surface area contributed by atoms with Crippen molar-refractivity contribution >= 4 is 17.2 Å². The van der Waals surface area contributed by atoms with Crippen LogP contribution in [0.4, 0.5) is 0 Å². The first-order chi connectivity index (χ1) is 12.8. The molecule has 2 aromatic heterocycles. The van der Waals surface area contributed by atoms with Gasteiger partial charge in [-0.2, -0.15) is 16.3 Å². The zero-order valence-electron chi connectivity index (χ0n) is 14.5. The van der Waals surface area contributed by atoms with Crippen molar-refractivity contribution in [2.45, 2.75) is 38.1 Å². The normalized spacial score (nSPS) is 16.9. The Labute approximate surface area is 156 Å². The van der Waals surface area contributed by atoms with Crippen molar-refractivity contribution in [1.29, 1.82) is 0 Å². The molecule has 1 atom stereocenters. The van der Waals surface area contributed by atoms with Gasteiger partial charge in [-0.05, 0) is 36.3 Å². The lowest BCUT2D eigenvalue weighted by Gasteiger charge is -2.24. The third-order valence-electron chi connectivity index (χ3n) is 4.81. The Kier molecular flexibility index (Phi) is 5.11. The summed E-state index contributed by atoms with van der Waals surface area (Å²) in [5, 5.41) is 7.97. The number of hydrogen-bond donors (Lipinski definition) is 0. The summed E-state index contributed by atoms with van der Waals surface area (Å²) in [7, 11) is 0. The molecule has 4 rings (SSSR count). The van der Waals surface area contributed by atoms with Crippen molar-refractivity contribution in [3.8, 4) is 11.4 Å². The van der Waals surface area contributed by atoms with Crippen LogP contribution in [0.3, 0.4) is 0 Å². The monoisotopic (exact) mass is 367 g/mol. The van der Waals surface area contributed by atoms with Crippen LogP contribution in [0, 0.1) is 0 Å². The number of hydrogen-bond acceptors (Lipinski definition) is 5. The minimum atomic E-state index is 0.179. The minimum absolute atomic E-state index is 0.179. The quantitative estimate of drug-likeness (QED) is 0.661. The van der Waals surface area contributed by atoms with Crippen LogP contribution >= 0.6 is 11.3 Å². The molecule has 134 valence electrons. The van der Waals surface area contributed by atoms with Crippen molar-refractivity contribution < 1.29 is 9.32 Å². The highest BCUT2D eigenvalue weighted by Gasteiger charge is 2.28. The van der Waals surface area contributed by atoms with E-state index in [2.05, 4.69) is 34.4 Å². The lowest BCUT2D eigenvalue weighted by molar-refractivity contribution is -0.132. The standard InChI is InChI=1S/C20H21N3O2S/c24-19(9-8-18-21-20(22-25-18)16-10-12-26-14-16)23-11-4-7-17(23)13-15-5-2-1-3-6-15/h1-3,5-6,10,12,14,17H,4,7-9,11,13H2. The lowest BCUT2D eigenvalue weighted by atomic mass is 10.0. The van der Waals surface area contributed by atoms with Crippen LogP contribution < -0.4 is 0 Å². The maximum atomic E-state index is 12.7. The number of likely N-dealkylation sites (tertiary alicyclic amines) is 1. The van der Waals surface area contributed by atoms with Gasteiger partial charge in [0.05, 0.1) is 0 Å². The van der Waals surface area contributed by atoms with Gasteiger partial charge in [0.1, 0.15) is 0 Å². The Morgan fingerprint density at radius 1 is 1.27 bits per heavy atom. The molecule has 1 aliphatic heterocycles. The van der Waals surface area contributed by atoms with E-state index in [1.165, 1.54) is 5.56 Å². The first kappa shape index (κ1) is 17.0. The molecule has 1 saturated heterocycles. The van der Waals surface area contributed by atoms with Crippen LogP contribution in [-0.4, -0.2) is 33.5 Å². The fraction of sp³-hybridized carbons (Fsp3) is 0.350. The first-order valence-electron chi connectivity index (χ1n) is 8.98. The molecule has 3 heterocycles. The number of nitrogens with zero attached hydrogens (tertiary/aromatic N) is 3. The number of carbonyl (C=O) groups excluding carboxylic acids is 1. The highest BCUT2D eigenvalue weighted by Crippen LogP contribution is 2.23.